The monoisotopic (exact) mass is 384 g/mol. The molecule has 0 bridgehead atoms. The van der Waals surface area contributed by atoms with Crippen molar-refractivity contribution < 1.29 is 32.2 Å². The number of esters is 1. The molecule has 10 heteroatoms. The number of nitrogens with two attached hydrogens (primary N) is 1. The summed E-state index contributed by atoms with van der Waals surface area (Å²) in [6.45, 7) is 2.26. The fourth-order valence-corrected chi connectivity index (χ4v) is 4.56. The Morgan fingerprint density at radius 1 is 1.27 bits per heavy atom. The normalized spacial score (nSPS) is 21.2. The largest absolute Gasteiger partial charge is 0.486 e. The van der Waals surface area contributed by atoms with Crippen molar-refractivity contribution in [2.75, 3.05) is 19.8 Å². The van der Waals surface area contributed by atoms with E-state index < -0.39 is 34.0 Å². The summed E-state index contributed by atoms with van der Waals surface area (Å²) in [6, 6.07) is 3.33. The first-order valence-corrected chi connectivity index (χ1v) is 9.66. The number of fused-ring (bicyclic) bond motifs is 1. The van der Waals surface area contributed by atoms with Crippen LogP contribution in [0.25, 0.3) is 0 Å². The van der Waals surface area contributed by atoms with Gasteiger partial charge in [0.2, 0.25) is 10.0 Å². The second-order valence-electron chi connectivity index (χ2n) is 6.06. The lowest BCUT2D eigenvalue weighted by molar-refractivity contribution is -0.156. The summed E-state index contributed by atoms with van der Waals surface area (Å²) in [5, 5.41) is 0. The number of carbonyl (C=O) groups excluding carboxylic acids is 2. The van der Waals surface area contributed by atoms with Crippen LogP contribution in [0.3, 0.4) is 0 Å². The summed E-state index contributed by atoms with van der Waals surface area (Å²) >= 11 is 0. The molecular formula is C16H20N2O7S. The molecule has 2 aliphatic rings. The molecule has 0 radical (unpaired) electrons. The topological polar surface area (TPSA) is 125 Å². The van der Waals surface area contributed by atoms with Gasteiger partial charge in [0.1, 0.15) is 19.3 Å². The molecule has 0 aromatic heterocycles. The van der Waals surface area contributed by atoms with Crippen LogP contribution in [0, 0.1) is 0 Å². The fraction of sp³-hybridized carbons (Fsp3) is 0.500. The highest BCUT2D eigenvalue weighted by atomic mass is 32.2. The summed E-state index contributed by atoms with van der Waals surface area (Å²) in [7, 11) is -3.94. The van der Waals surface area contributed by atoms with Gasteiger partial charge in [-0.15, -0.1) is 0 Å². The van der Waals surface area contributed by atoms with Crippen molar-refractivity contribution in [1.82, 2.24) is 4.31 Å². The van der Waals surface area contributed by atoms with E-state index in [1.165, 1.54) is 25.1 Å². The molecule has 26 heavy (non-hydrogen) atoms. The summed E-state index contributed by atoms with van der Waals surface area (Å²) < 4.78 is 42.9. The van der Waals surface area contributed by atoms with Gasteiger partial charge < -0.3 is 19.9 Å². The molecule has 2 atom stereocenters. The van der Waals surface area contributed by atoms with Gasteiger partial charge >= 0.3 is 5.97 Å². The van der Waals surface area contributed by atoms with E-state index in [2.05, 4.69) is 0 Å². The van der Waals surface area contributed by atoms with Crippen molar-refractivity contribution in [2.24, 2.45) is 5.73 Å². The first-order chi connectivity index (χ1) is 12.3. The third-order valence-corrected chi connectivity index (χ3v) is 6.19. The standard InChI is InChI=1S/C16H20N2O7S/c1-10(15(17)19)25-16(20)12-3-2-6-18(12)26(21,22)11-4-5-13-14(9-11)24-8-7-23-13/h4-5,9-10,12H,2-3,6-8H2,1H3,(H2,17,19). The molecule has 1 saturated heterocycles. The quantitative estimate of drug-likeness (QED) is 0.710. The Morgan fingerprint density at radius 3 is 2.65 bits per heavy atom. The Labute approximate surface area is 151 Å². The number of nitrogens with zero attached hydrogens (tertiary/aromatic N) is 1. The highest BCUT2D eigenvalue weighted by molar-refractivity contribution is 7.89. The maximum absolute atomic E-state index is 13.0. The number of rotatable bonds is 5. The minimum Gasteiger partial charge on any atom is -0.486 e. The molecule has 142 valence electrons. The van der Waals surface area contributed by atoms with E-state index >= 15 is 0 Å². The van der Waals surface area contributed by atoms with E-state index in [1.54, 1.807) is 0 Å². The Hall–Kier alpha value is -2.33. The lowest BCUT2D eigenvalue weighted by Crippen LogP contribution is -2.43. The second kappa shape index (κ2) is 7.12. The maximum atomic E-state index is 13.0. The van der Waals surface area contributed by atoms with Gasteiger partial charge in [-0.1, -0.05) is 0 Å². The molecule has 0 spiro atoms. The minimum absolute atomic E-state index is 0.00407. The molecular weight excluding hydrogens is 364 g/mol. The molecule has 0 aliphatic carbocycles. The van der Waals surface area contributed by atoms with Gasteiger partial charge in [-0.3, -0.25) is 9.59 Å². The zero-order valence-corrected chi connectivity index (χ0v) is 15.0. The predicted octanol–water partition coefficient (Wildman–Crippen LogP) is 0.0279. The number of amides is 1. The smallest absolute Gasteiger partial charge is 0.325 e. The third kappa shape index (κ3) is 3.47. The zero-order chi connectivity index (χ0) is 18.9. The van der Waals surface area contributed by atoms with Gasteiger partial charge in [0.05, 0.1) is 4.90 Å². The van der Waals surface area contributed by atoms with Gasteiger partial charge in [0.25, 0.3) is 5.91 Å². The van der Waals surface area contributed by atoms with Gasteiger partial charge in [-0.2, -0.15) is 4.31 Å². The number of ether oxygens (including phenoxy) is 3. The number of hydrogen-bond donors (Lipinski definition) is 1. The lowest BCUT2D eigenvalue weighted by atomic mass is 10.2. The van der Waals surface area contributed by atoms with Crippen LogP contribution in [-0.2, 0) is 24.3 Å². The first-order valence-electron chi connectivity index (χ1n) is 8.22. The van der Waals surface area contributed by atoms with Crippen molar-refractivity contribution in [3.05, 3.63) is 18.2 Å². The Kier molecular flexibility index (Phi) is 5.05. The van der Waals surface area contributed by atoms with Crippen LogP contribution in [0.1, 0.15) is 19.8 Å². The van der Waals surface area contributed by atoms with Crippen molar-refractivity contribution in [3.63, 3.8) is 0 Å². The Morgan fingerprint density at radius 2 is 1.96 bits per heavy atom. The van der Waals surface area contributed by atoms with Crippen LogP contribution in [-0.4, -0.2) is 56.5 Å². The molecule has 0 saturated carbocycles. The van der Waals surface area contributed by atoms with Crippen LogP contribution in [0.5, 0.6) is 11.5 Å². The second-order valence-corrected chi connectivity index (χ2v) is 7.95. The van der Waals surface area contributed by atoms with Crippen molar-refractivity contribution in [2.45, 2.75) is 36.8 Å². The highest BCUT2D eigenvalue weighted by Gasteiger charge is 2.41. The molecule has 3 rings (SSSR count). The number of hydrogen-bond acceptors (Lipinski definition) is 7. The Bertz CT molecular complexity index is 824. The van der Waals surface area contributed by atoms with Crippen molar-refractivity contribution in [1.29, 1.82) is 0 Å². The molecule has 2 aliphatic heterocycles. The van der Waals surface area contributed by atoms with E-state index in [-0.39, 0.29) is 11.4 Å². The van der Waals surface area contributed by atoms with Crippen LogP contribution < -0.4 is 15.2 Å². The van der Waals surface area contributed by atoms with E-state index in [1.807, 2.05) is 0 Å². The van der Waals surface area contributed by atoms with Gasteiger partial charge in [-0.05, 0) is 31.9 Å². The average molecular weight is 384 g/mol. The zero-order valence-electron chi connectivity index (χ0n) is 14.2. The van der Waals surface area contributed by atoms with E-state index in [0.29, 0.717) is 37.6 Å². The van der Waals surface area contributed by atoms with Crippen molar-refractivity contribution in [3.8, 4) is 11.5 Å². The van der Waals surface area contributed by atoms with E-state index in [0.717, 1.165) is 4.31 Å². The SMILES string of the molecule is CC(OC(=O)C1CCCN1S(=O)(=O)c1ccc2c(c1)OCCO2)C(N)=O. The van der Waals surface area contributed by atoms with Gasteiger partial charge in [0.15, 0.2) is 17.6 Å². The molecule has 2 N–H and O–H groups in total. The van der Waals surface area contributed by atoms with Gasteiger partial charge in [-0.25, -0.2) is 8.42 Å². The van der Waals surface area contributed by atoms with Crippen LogP contribution in [0.4, 0.5) is 0 Å². The molecule has 2 heterocycles. The fourth-order valence-electron chi connectivity index (χ4n) is 2.89. The summed E-state index contributed by atoms with van der Waals surface area (Å²) in [5.41, 5.74) is 5.09. The molecule has 2 unspecified atom stereocenters. The number of sulfonamides is 1. The lowest BCUT2D eigenvalue weighted by Gasteiger charge is -2.24. The minimum atomic E-state index is -3.94. The third-order valence-electron chi connectivity index (χ3n) is 4.29. The average Bonchev–Trinajstić information content (AvgIpc) is 3.12. The first kappa shape index (κ1) is 18.5. The molecule has 9 nitrogen and oxygen atoms in total. The summed E-state index contributed by atoms with van der Waals surface area (Å²) in [4.78, 5) is 23.4. The molecule has 1 amide bonds. The maximum Gasteiger partial charge on any atom is 0.325 e. The number of benzene rings is 1. The van der Waals surface area contributed by atoms with Crippen LogP contribution in [0.15, 0.2) is 23.1 Å². The predicted molar refractivity (Wildman–Crippen MR) is 89.1 cm³/mol. The van der Waals surface area contributed by atoms with Crippen LogP contribution in [0.2, 0.25) is 0 Å². The van der Waals surface area contributed by atoms with Crippen LogP contribution >= 0.6 is 0 Å². The van der Waals surface area contributed by atoms with Gasteiger partial charge in [0, 0.05) is 12.6 Å². The highest BCUT2D eigenvalue weighted by Crippen LogP contribution is 2.35. The molecule has 1 aromatic rings. The van der Waals surface area contributed by atoms with E-state index in [9.17, 15) is 18.0 Å². The number of primary amides is 1. The van der Waals surface area contributed by atoms with Crippen molar-refractivity contribution >= 4 is 21.9 Å². The number of carbonyl (C=O) groups is 2. The Balaban J connectivity index is 1.84. The summed E-state index contributed by atoms with van der Waals surface area (Å²) in [6.07, 6.45) is -0.301. The van der Waals surface area contributed by atoms with E-state index in [4.69, 9.17) is 19.9 Å². The molecule has 1 aromatic carbocycles. The summed E-state index contributed by atoms with van der Waals surface area (Å²) in [5.74, 6) is -0.756. The molecule has 1 fully saturated rings.